The zero-order chi connectivity index (χ0) is 24.5. The van der Waals surface area contributed by atoms with Crippen LogP contribution in [0.15, 0.2) is 73.2 Å². The number of carbonyl (C=O) groups is 2. The molecule has 1 N–H and O–H groups in total. The Bertz CT molecular complexity index is 1080. The van der Waals surface area contributed by atoms with Gasteiger partial charge in [0.25, 0.3) is 5.91 Å². The summed E-state index contributed by atoms with van der Waals surface area (Å²) >= 11 is 0. The number of benzene rings is 2. The van der Waals surface area contributed by atoms with Crippen LogP contribution in [-0.2, 0) is 11.2 Å². The molecule has 0 aliphatic heterocycles. The molecule has 4 rings (SSSR count). The van der Waals surface area contributed by atoms with E-state index in [-0.39, 0.29) is 23.6 Å². The Kier molecular flexibility index (Phi) is 8.44. The van der Waals surface area contributed by atoms with Gasteiger partial charge in [-0.2, -0.15) is 0 Å². The van der Waals surface area contributed by atoms with E-state index in [1.54, 1.807) is 12.0 Å². The number of amides is 2. The third-order valence-corrected chi connectivity index (χ3v) is 6.47. The van der Waals surface area contributed by atoms with Crippen molar-refractivity contribution in [3.05, 3.63) is 90.0 Å². The van der Waals surface area contributed by atoms with E-state index in [0.717, 1.165) is 36.8 Å². The van der Waals surface area contributed by atoms with Gasteiger partial charge in [-0.1, -0.05) is 61.7 Å². The van der Waals surface area contributed by atoms with Gasteiger partial charge >= 0.3 is 0 Å². The minimum absolute atomic E-state index is 0.125. The molecule has 182 valence electrons. The molecular formula is C28H32N4O3. The Balaban J connectivity index is 1.68. The highest BCUT2D eigenvalue weighted by Crippen LogP contribution is 2.27. The van der Waals surface area contributed by atoms with Crippen LogP contribution in [0.4, 0.5) is 0 Å². The number of ether oxygens (including phenoxy) is 1. The fourth-order valence-corrected chi connectivity index (χ4v) is 4.58. The number of aromatic nitrogens is 2. The molecule has 0 unspecified atom stereocenters. The maximum absolute atomic E-state index is 13.8. The second-order valence-electron chi connectivity index (χ2n) is 8.84. The Morgan fingerprint density at radius 2 is 1.77 bits per heavy atom. The minimum Gasteiger partial charge on any atom is -0.497 e. The molecule has 0 radical (unpaired) electrons. The van der Waals surface area contributed by atoms with E-state index in [2.05, 4.69) is 15.3 Å². The lowest BCUT2D eigenvalue weighted by atomic mass is 9.94. The van der Waals surface area contributed by atoms with Crippen LogP contribution in [0, 0.1) is 0 Å². The summed E-state index contributed by atoms with van der Waals surface area (Å²) in [6.45, 7) is 0.355. The number of rotatable bonds is 9. The van der Waals surface area contributed by atoms with Crippen molar-refractivity contribution < 1.29 is 14.3 Å². The molecule has 0 spiro atoms. The van der Waals surface area contributed by atoms with Gasteiger partial charge in [0.15, 0.2) is 0 Å². The molecule has 35 heavy (non-hydrogen) atoms. The van der Waals surface area contributed by atoms with Crippen LogP contribution in [0.2, 0.25) is 0 Å². The number of hydrogen-bond donors (Lipinski definition) is 1. The van der Waals surface area contributed by atoms with Gasteiger partial charge in [0.05, 0.1) is 13.3 Å². The van der Waals surface area contributed by atoms with Gasteiger partial charge in [0.1, 0.15) is 17.5 Å². The molecular weight excluding hydrogens is 440 g/mol. The molecule has 1 atom stereocenters. The highest BCUT2D eigenvalue weighted by atomic mass is 16.5. The summed E-state index contributed by atoms with van der Waals surface area (Å²) in [6, 6.07) is 16.6. The highest BCUT2D eigenvalue weighted by molar-refractivity contribution is 5.96. The first-order chi connectivity index (χ1) is 17.2. The van der Waals surface area contributed by atoms with E-state index in [0.29, 0.717) is 18.7 Å². The molecule has 1 aliphatic carbocycles. The van der Waals surface area contributed by atoms with Crippen LogP contribution in [0.1, 0.15) is 59.8 Å². The summed E-state index contributed by atoms with van der Waals surface area (Å²) in [7, 11) is 1.60. The molecule has 1 heterocycles. The second kappa shape index (κ2) is 12.1. The molecule has 2 aromatic carbocycles. The van der Waals surface area contributed by atoms with Crippen molar-refractivity contribution in [3.63, 3.8) is 0 Å². The third-order valence-electron chi connectivity index (χ3n) is 6.47. The van der Waals surface area contributed by atoms with Gasteiger partial charge in [-0.15, -0.1) is 0 Å². The van der Waals surface area contributed by atoms with Gasteiger partial charge in [0.2, 0.25) is 5.91 Å². The molecule has 7 heteroatoms. The lowest BCUT2D eigenvalue weighted by Crippen LogP contribution is -2.47. The van der Waals surface area contributed by atoms with E-state index in [4.69, 9.17) is 4.74 Å². The van der Waals surface area contributed by atoms with Crippen LogP contribution >= 0.6 is 0 Å². The van der Waals surface area contributed by atoms with Crippen LogP contribution in [0.25, 0.3) is 0 Å². The summed E-state index contributed by atoms with van der Waals surface area (Å²) in [5, 5.41) is 3.23. The van der Waals surface area contributed by atoms with E-state index in [9.17, 15) is 9.59 Å². The van der Waals surface area contributed by atoms with E-state index < -0.39 is 6.04 Å². The zero-order valence-corrected chi connectivity index (χ0v) is 20.1. The van der Waals surface area contributed by atoms with Gasteiger partial charge in [-0.05, 0) is 42.5 Å². The Hall–Kier alpha value is -3.74. The molecule has 0 saturated heterocycles. The Labute approximate surface area is 206 Å². The van der Waals surface area contributed by atoms with Gasteiger partial charge in [-0.3, -0.25) is 14.6 Å². The Morgan fingerprint density at radius 1 is 1.03 bits per heavy atom. The summed E-state index contributed by atoms with van der Waals surface area (Å²) < 4.78 is 5.31. The largest absolute Gasteiger partial charge is 0.497 e. The number of nitrogens with zero attached hydrogens (tertiary/aromatic N) is 3. The van der Waals surface area contributed by atoms with Crippen molar-refractivity contribution in [2.24, 2.45) is 0 Å². The number of methoxy groups -OCH3 is 1. The van der Waals surface area contributed by atoms with Crippen molar-refractivity contribution in [1.82, 2.24) is 20.2 Å². The van der Waals surface area contributed by atoms with E-state index in [1.165, 1.54) is 25.0 Å². The van der Waals surface area contributed by atoms with Gasteiger partial charge in [0, 0.05) is 25.0 Å². The average Bonchev–Trinajstić information content (AvgIpc) is 2.92. The topological polar surface area (TPSA) is 84.4 Å². The molecule has 1 fully saturated rings. The summed E-state index contributed by atoms with van der Waals surface area (Å²) in [5.74, 6) is 0.192. The average molecular weight is 473 g/mol. The predicted octanol–water partition coefficient (Wildman–Crippen LogP) is 4.36. The maximum Gasteiger partial charge on any atom is 0.275 e. The lowest BCUT2D eigenvalue weighted by molar-refractivity contribution is -0.126. The smallest absolute Gasteiger partial charge is 0.275 e. The molecule has 2 amide bonds. The molecule has 3 aromatic rings. The molecule has 1 saturated carbocycles. The van der Waals surface area contributed by atoms with Crippen molar-refractivity contribution in [1.29, 1.82) is 0 Å². The summed E-state index contributed by atoms with van der Waals surface area (Å²) in [4.78, 5) is 37.4. The number of nitrogens with one attached hydrogen (secondary N) is 1. The third kappa shape index (κ3) is 6.44. The first-order valence-electron chi connectivity index (χ1n) is 12.2. The summed E-state index contributed by atoms with van der Waals surface area (Å²) in [5.41, 5.74) is 2.03. The van der Waals surface area contributed by atoms with Crippen molar-refractivity contribution in [2.45, 2.75) is 50.6 Å². The van der Waals surface area contributed by atoms with E-state index in [1.807, 2.05) is 54.6 Å². The van der Waals surface area contributed by atoms with Crippen molar-refractivity contribution in [3.8, 4) is 5.75 Å². The molecule has 7 nitrogen and oxygen atoms in total. The van der Waals surface area contributed by atoms with Crippen LogP contribution in [0.5, 0.6) is 5.75 Å². The first kappa shape index (κ1) is 24.4. The second-order valence-corrected chi connectivity index (χ2v) is 8.84. The quantitative estimate of drug-likeness (QED) is 0.500. The maximum atomic E-state index is 13.8. The molecule has 1 aliphatic rings. The minimum atomic E-state index is -0.805. The lowest BCUT2D eigenvalue weighted by Gasteiger charge is -2.33. The zero-order valence-electron chi connectivity index (χ0n) is 20.1. The Morgan fingerprint density at radius 3 is 2.43 bits per heavy atom. The molecule has 0 bridgehead atoms. The fourth-order valence-electron chi connectivity index (χ4n) is 4.58. The number of hydrogen-bond acceptors (Lipinski definition) is 5. The fraction of sp³-hybridized carbons (Fsp3) is 0.357. The highest BCUT2D eigenvalue weighted by Gasteiger charge is 2.34. The van der Waals surface area contributed by atoms with E-state index >= 15 is 0 Å². The SMILES string of the molecule is COc1ccc([C@H](C(=O)NC2CCCCC2)N(CCc2ccccc2)C(=O)c2cnccn2)cc1. The molecule has 1 aromatic heterocycles. The van der Waals surface area contributed by atoms with Crippen molar-refractivity contribution in [2.75, 3.05) is 13.7 Å². The van der Waals surface area contributed by atoms with Crippen LogP contribution in [0.3, 0.4) is 0 Å². The normalized spacial score (nSPS) is 14.7. The standard InChI is InChI=1S/C28H32N4O3/c1-35-24-14-12-22(13-15-24)26(27(33)31-23-10-6-3-7-11-23)32(19-16-21-8-4-2-5-9-21)28(34)25-20-29-17-18-30-25/h2,4-5,8-9,12-15,17-18,20,23,26H,3,6-7,10-11,16,19H2,1H3,(H,31,33)/t26-/m1/s1. The van der Waals surface area contributed by atoms with Gasteiger partial charge < -0.3 is 15.0 Å². The van der Waals surface area contributed by atoms with Crippen LogP contribution < -0.4 is 10.1 Å². The monoisotopic (exact) mass is 472 g/mol. The van der Waals surface area contributed by atoms with Crippen LogP contribution in [-0.4, -0.2) is 46.4 Å². The summed E-state index contributed by atoms with van der Waals surface area (Å²) in [6.07, 6.45) is 10.4. The number of carbonyl (C=O) groups excluding carboxylic acids is 2. The predicted molar refractivity (Wildman–Crippen MR) is 134 cm³/mol. The first-order valence-corrected chi connectivity index (χ1v) is 12.2. The van der Waals surface area contributed by atoms with Crippen molar-refractivity contribution >= 4 is 11.8 Å². The van der Waals surface area contributed by atoms with Gasteiger partial charge in [-0.25, -0.2) is 4.98 Å².